The number of nitrogens with zero attached hydrogens (tertiary/aromatic N) is 4. The summed E-state index contributed by atoms with van der Waals surface area (Å²) >= 11 is 0. The van der Waals surface area contributed by atoms with Crippen molar-refractivity contribution in [2.45, 2.75) is 6.85 Å². The van der Waals surface area contributed by atoms with E-state index in [0.29, 0.717) is 12.5 Å². The summed E-state index contributed by atoms with van der Waals surface area (Å²) < 4.78 is 26.6. The molecule has 7 aromatic carbocycles. The summed E-state index contributed by atoms with van der Waals surface area (Å²) in [5.74, 6) is 0.541. The van der Waals surface area contributed by atoms with E-state index in [1.807, 2.05) is 12.1 Å². The maximum atomic E-state index is 8.18. The topological polar surface area (TPSA) is 24.3 Å². The van der Waals surface area contributed by atoms with Crippen molar-refractivity contribution in [3.05, 3.63) is 206 Å². The Morgan fingerprint density at radius 1 is 0.582 bits per heavy atom. The molecule has 0 spiro atoms. The van der Waals surface area contributed by atoms with Gasteiger partial charge in [-0.1, -0.05) is 120 Å². The van der Waals surface area contributed by atoms with E-state index in [2.05, 4.69) is 184 Å². The summed E-state index contributed by atoms with van der Waals surface area (Å²) in [6.45, 7) is -1.63. The van der Waals surface area contributed by atoms with Crippen LogP contribution in [0.3, 0.4) is 0 Å². The predicted molar refractivity (Wildman–Crippen MR) is 227 cm³/mol. The first-order valence-electron chi connectivity index (χ1n) is 19.7. The SMILES string of the molecule is [2H]C([2H])([2H])c1ccnc(-n2c3[c-]c([Si](c4[c-]c(N5CN(c6ccccc6)c6ccccc65)ccc4)(c4ccccc4)c4ccccc4)ccc3c3ccccc32)c1.[Pt+2]. The molecule has 55 heavy (non-hydrogen) atoms. The molecule has 3 heterocycles. The second-order valence-electron chi connectivity index (χ2n) is 13.6. The van der Waals surface area contributed by atoms with E-state index >= 15 is 0 Å². The van der Waals surface area contributed by atoms with Gasteiger partial charge in [0.2, 0.25) is 0 Å². The molecule has 0 bridgehead atoms. The third-order valence-electron chi connectivity index (χ3n) is 10.7. The Hall–Kier alpha value is -6.00. The molecule has 10 rings (SSSR count). The average Bonchev–Trinajstić information content (AvgIpc) is 3.81. The average molecular weight is 907 g/mol. The van der Waals surface area contributed by atoms with Gasteiger partial charge in [-0.25, -0.2) is 4.98 Å². The molecule has 0 aliphatic carbocycles. The minimum atomic E-state index is -3.16. The monoisotopic (exact) mass is 906 g/mol. The van der Waals surface area contributed by atoms with Crippen LogP contribution in [0.4, 0.5) is 22.7 Å². The normalized spacial score (nSPS) is 13.6. The van der Waals surface area contributed by atoms with Crippen molar-refractivity contribution in [1.29, 1.82) is 0 Å². The Morgan fingerprint density at radius 3 is 1.95 bits per heavy atom. The van der Waals surface area contributed by atoms with E-state index in [-0.39, 0.29) is 26.6 Å². The Morgan fingerprint density at radius 2 is 1.22 bits per heavy atom. The Bertz CT molecular complexity index is 2860. The number of fused-ring (bicyclic) bond motifs is 4. The van der Waals surface area contributed by atoms with E-state index in [4.69, 9.17) is 9.10 Å². The van der Waals surface area contributed by atoms with Crippen LogP contribution in [0.5, 0.6) is 0 Å². The molecule has 1 aliphatic heterocycles. The number of aryl methyl sites for hydroxylation is 1. The number of para-hydroxylation sites is 4. The Labute approximate surface area is 341 Å². The van der Waals surface area contributed by atoms with Crippen molar-refractivity contribution in [2.24, 2.45) is 0 Å². The standard InChI is InChI=1S/C49H36N4Si.Pt/c1-36-30-31-50-49(32-36)53-45-25-12-11-24-43(45)44-29-28-42(34-48(44)53)54(39-19-7-3-8-20-39,40-21-9-4-10-22-40)41-23-15-18-38(33-41)52-35-51(37-16-5-2-6-17-37)46-26-13-14-27-47(46)52;/h2-32H,35H2,1H3;/q-2;+2/i1D3;. The van der Waals surface area contributed by atoms with Crippen LogP contribution in [-0.2, 0) is 21.1 Å². The van der Waals surface area contributed by atoms with Gasteiger partial charge in [0.1, 0.15) is 13.9 Å². The first-order valence-corrected chi connectivity index (χ1v) is 20.2. The maximum absolute atomic E-state index is 8.18. The van der Waals surface area contributed by atoms with E-state index < -0.39 is 14.9 Å². The van der Waals surface area contributed by atoms with Crippen LogP contribution in [0.15, 0.2) is 188 Å². The zero-order valence-corrected chi connectivity index (χ0v) is 33.0. The molecule has 1 aliphatic rings. The minimum absolute atomic E-state index is 0. The molecule has 0 N–H and O–H groups in total. The smallest absolute Gasteiger partial charge is 0.345 e. The van der Waals surface area contributed by atoms with Gasteiger partial charge in [-0.3, -0.25) is 0 Å². The number of hydrogen-bond acceptors (Lipinski definition) is 3. The van der Waals surface area contributed by atoms with Crippen molar-refractivity contribution in [3.8, 4) is 5.82 Å². The second-order valence-corrected chi connectivity index (χ2v) is 17.4. The number of rotatable bonds is 7. The molecule has 0 amide bonds. The number of hydrogen-bond donors (Lipinski definition) is 0. The van der Waals surface area contributed by atoms with E-state index in [9.17, 15) is 0 Å². The van der Waals surface area contributed by atoms with Crippen molar-refractivity contribution < 1.29 is 25.2 Å². The van der Waals surface area contributed by atoms with Gasteiger partial charge in [-0.05, 0) is 70.6 Å². The summed E-state index contributed by atoms with van der Waals surface area (Å²) in [6.07, 6.45) is 1.59. The van der Waals surface area contributed by atoms with E-state index in [1.165, 1.54) is 10.4 Å². The number of aromatic nitrogens is 2. The third kappa shape index (κ3) is 5.74. The van der Waals surface area contributed by atoms with Crippen molar-refractivity contribution in [2.75, 3.05) is 16.5 Å². The Balaban J connectivity index is 0.00000436. The van der Waals surface area contributed by atoms with Gasteiger partial charge in [-0.15, -0.1) is 11.5 Å². The van der Waals surface area contributed by atoms with Gasteiger partial charge in [0, 0.05) is 21.5 Å². The molecule has 0 fully saturated rings. The zero-order chi connectivity index (χ0) is 38.6. The summed E-state index contributed by atoms with van der Waals surface area (Å²) in [4.78, 5) is 9.46. The summed E-state index contributed by atoms with van der Waals surface area (Å²) in [6, 6.07) is 71.3. The van der Waals surface area contributed by atoms with Gasteiger partial charge in [0.05, 0.1) is 18.0 Å². The van der Waals surface area contributed by atoms with Crippen LogP contribution >= 0.6 is 0 Å². The molecule has 6 heteroatoms. The van der Waals surface area contributed by atoms with Crippen LogP contribution < -0.4 is 30.5 Å². The quantitative estimate of drug-likeness (QED) is 0.0910. The third-order valence-corrected chi connectivity index (χ3v) is 15.3. The molecule has 0 unspecified atom stereocenters. The molecule has 0 radical (unpaired) electrons. The largest absolute Gasteiger partial charge is 2.00 e. The van der Waals surface area contributed by atoms with Crippen LogP contribution in [-0.4, -0.2) is 24.3 Å². The minimum Gasteiger partial charge on any atom is -0.345 e. The van der Waals surface area contributed by atoms with Crippen molar-refractivity contribution >= 4 is 73.4 Å². The molecule has 2 aromatic heterocycles. The van der Waals surface area contributed by atoms with Crippen LogP contribution in [0.2, 0.25) is 0 Å². The van der Waals surface area contributed by atoms with E-state index in [1.54, 1.807) is 18.3 Å². The zero-order valence-electron chi connectivity index (χ0n) is 32.7. The van der Waals surface area contributed by atoms with Gasteiger partial charge < -0.3 is 14.4 Å². The summed E-state index contributed by atoms with van der Waals surface area (Å²) in [5, 5.41) is 6.65. The second kappa shape index (κ2) is 14.3. The van der Waals surface area contributed by atoms with Gasteiger partial charge >= 0.3 is 21.1 Å². The fourth-order valence-electron chi connectivity index (χ4n) is 8.28. The molecule has 9 aromatic rings. The number of pyridine rings is 1. The fraction of sp³-hybridized carbons (Fsp3) is 0.0408. The molecule has 0 atom stereocenters. The molecule has 266 valence electrons. The predicted octanol–water partition coefficient (Wildman–Crippen LogP) is 8.71. The van der Waals surface area contributed by atoms with E-state index in [0.717, 1.165) is 54.9 Å². The van der Waals surface area contributed by atoms with Crippen molar-refractivity contribution in [1.82, 2.24) is 9.55 Å². The molecule has 0 saturated heterocycles. The Kier molecular flexibility index (Phi) is 8.17. The molecule has 4 nitrogen and oxygen atoms in total. The number of benzene rings is 7. The maximum Gasteiger partial charge on any atom is 2.00 e. The first kappa shape index (κ1) is 31.4. The van der Waals surface area contributed by atoms with Crippen LogP contribution in [0, 0.1) is 19.0 Å². The van der Waals surface area contributed by atoms with Gasteiger partial charge in [-0.2, -0.15) is 46.8 Å². The molecule has 0 saturated carbocycles. The van der Waals surface area contributed by atoms with Gasteiger partial charge in [0.25, 0.3) is 0 Å². The van der Waals surface area contributed by atoms with Crippen LogP contribution in [0.25, 0.3) is 27.6 Å². The first-order chi connectivity index (χ1) is 27.9. The van der Waals surface area contributed by atoms with Crippen molar-refractivity contribution in [3.63, 3.8) is 0 Å². The summed E-state index contributed by atoms with van der Waals surface area (Å²) in [5.41, 5.74) is 6.43. The van der Waals surface area contributed by atoms with Gasteiger partial charge in [0.15, 0.2) is 0 Å². The summed E-state index contributed by atoms with van der Waals surface area (Å²) in [7, 11) is -3.16. The van der Waals surface area contributed by atoms with Crippen LogP contribution in [0.1, 0.15) is 9.68 Å². The number of anilines is 4. The fourth-order valence-corrected chi connectivity index (χ4v) is 12.8. The molecular formula is C49H36N4PtSi. The molecular weight excluding hydrogens is 868 g/mol.